The summed E-state index contributed by atoms with van der Waals surface area (Å²) in [6.45, 7) is 4.32. The standard InChI is InChI=1S/C14H13F4NO4/c1-14(2,3)10(13(22)23)19-11(20)4-5(12(19)21)7(16)9(18)8(17)6(4)15/h10,13,22-23H,1-3H3/t10-/m1/s1. The Balaban J connectivity index is 2.71. The molecule has 1 aliphatic rings. The summed E-state index contributed by atoms with van der Waals surface area (Å²) in [5.41, 5.74) is -3.62. The van der Waals surface area contributed by atoms with E-state index in [1.807, 2.05) is 0 Å². The van der Waals surface area contributed by atoms with Crippen LogP contribution in [-0.4, -0.2) is 39.3 Å². The van der Waals surface area contributed by atoms with Crippen LogP contribution in [0.25, 0.3) is 0 Å². The molecule has 0 saturated carbocycles. The van der Waals surface area contributed by atoms with Gasteiger partial charge in [-0.1, -0.05) is 20.8 Å². The Morgan fingerprint density at radius 2 is 1.17 bits per heavy atom. The number of fused-ring (bicyclic) bond motifs is 1. The molecular formula is C14H13F4NO4. The Labute approximate surface area is 128 Å². The fraction of sp³-hybridized carbons (Fsp3) is 0.429. The van der Waals surface area contributed by atoms with Gasteiger partial charge in [0.25, 0.3) is 11.8 Å². The number of carbonyl (C=O) groups is 2. The second-order valence-corrected chi connectivity index (χ2v) is 6.21. The maximum Gasteiger partial charge on any atom is 0.265 e. The summed E-state index contributed by atoms with van der Waals surface area (Å²) >= 11 is 0. The van der Waals surface area contributed by atoms with Crippen LogP contribution in [0.1, 0.15) is 41.5 Å². The third-order valence-corrected chi connectivity index (χ3v) is 3.58. The molecule has 5 nitrogen and oxygen atoms in total. The summed E-state index contributed by atoms with van der Waals surface area (Å²) in [7, 11) is 0. The molecule has 0 spiro atoms. The van der Waals surface area contributed by atoms with Crippen LogP contribution in [-0.2, 0) is 0 Å². The van der Waals surface area contributed by atoms with Gasteiger partial charge in [-0.25, -0.2) is 17.6 Å². The zero-order chi connectivity index (χ0) is 17.9. The van der Waals surface area contributed by atoms with Crippen molar-refractivity contribution in [2.24, 2.45) is 5.41 Å². The van der Waals surface area contributed by atoms with Crippen LogP contribution in [0.15, 0.2) is 0 Å². The number of hydrogen-bond acceptors (Lipinski definition) is 4. The highest BCUT2D eigenvalue weighted by molar-refractivity contribution is 6.22. The first-order valence-electron chi connectivity index (χ1n) is 6.51. The zero-order valence-electron chi connectivity index (χ0n) is 12.3. The molecule has 0 aliphatic carbocycles. The lowest BCUT2D eigenvalue weighted by molar-refractivity contribution is -0.114. The van der Waals surface area contributed by atoms with E-state index in [0.29, 0.717) is 0 Å². The number of imide groups is 1. The Hall–Kier alpha value is -2.00. The van der Waals surface area contributed by atoms with E-state index in [1.165, 1.54) is 20.8 Å². The molecule has 0 saturated heterocycles. The van der Waals surface area contributed by atoms with E-state index in [9.17, 15) is 37.4 Å². The van der Waals surface area contributed by atoms with Gasteiger partial charge in [0, 0.05) is 0 Å². The van der Waals surface area contributed by atoms with Crippen molar-refractivity contribution in [2.75, 3.05) is 0 Å². The third-order valence-electron chi connectivity index (χ3n) is 3.58. The van der Waals surface area contributed by atoms with Crippen molar-refractivity contribution in [1.82, 2.24) is 4.90 Å². The molecule has 1 heterocycles. The van der Waals surface area contributed by atoms with Crippen molar-refractivity contribution in [3.8, 4) is 0 Å². The first-order chi connectivity index (χ1) is 10.4. The molecule has 23 heavy (non-hydrogen) atoms. The largest absolute Gasteiger partial charge is 0.366 e. The molecule has 2 rings (SSSR count). The fourth-order valence-electron chi connectivity index (χ4n) is 2.59. The van der Waals surface area contributed by atoms with Gasteiger partial charge in [0.1, 0.15) is 0 Å². The van der Waals surface area contributed by atoms with Gasteiger partial charge in [-0.15, -0.1) is 0 Å². The number of rotatable bonds is 2. The number of hydrogen-bond donors (Lipinski definition) is 2. The van der Waals surface area contributed by atoms with Crippen LogP contribution >= 0.6 is 0 Å². The fourth-order valence-corrected chi connectivity index (χ4v) is 2.59. The van der Waals surface area contributed by atoms with Crippen LogP contribution < -0.4 is 0 Å². The van der Waals surface area contributed by atoms with Gasteiger partial charge in [-0.3, -0.25) is 14.5 Å². The monoisotopic (exact) mass is 335 g/mol. The van der Waals surface area contributed by atoms with Crippen LogP contribution in [0, 0.1) is 28.7 Å². The summed E-state index contributed by atoms with van der Waals surface area (Å²) in [6, 6.07) is -1.58. The molecule has 0 aromatic heterocycles. The summed E-state index contributed by atoms with van der Waals surface area (Å²) in [4.78, 5) is 24.7. The van der Waals surface area contributed by atoms with Gasteiger partial charge in [0.15, 0.2) is 29.6 Å². The molecule has 0 unspecified atom stereocenters. The summed E-state index contributed by atoms with van der Waals surface area (Å²) in [5, 5.41) is 18.9. The quantitative estimate of drug-likeness (QED) is 0.283. The molecule has 0 radical (unpaired) electrons. The molecule has 9 heteroatoms. The van der Waals surface area contributed by atoms with E-state index in [4.69, 9.17) is 0 Å². The van der Waals surface area contributed by atoms with E-state index in [2.05, 4.69) is 0 Å². The molecule has 1 aliphatic heterocycles. The SMILES string of the molecule is CC(C)(C)[C@@H](C(O)O)N1C(=O)c2c(F)c(F)c(F)c(F)c2C1=O. The van der Waals surface area contributed by atoms with Crippen molar-refractivity contribution in [2.45, 2.75) is 33.1 Å². The molecule has 126 valence electrons. The van der Waals surface area contributed by atoms with E-state index < -0.39 is 64.0 Å². The number of carbonyl (C=O) groups excluding carboxylic acids is 2. The van der Waals surface area contributed by atoms with Crippen molar-refractivity contribution in [3.05, 3.63) is 34.4 Å². The molecule has 0 fully saturated rings. The van der Waals surface area contributed by atoms with Crippen molar-refractivity contribution < 1.29 is 37.4 Å². The minimum atomic E-state index is -2.22. The number of aliphatic hydroxyl groups excluding tert-OH is 1. The second-order valence-electron chi connectivity index (χ2n) is 6.21. The van der Waals surface area contributed by atoms with E-state index in [0.717, 1.165) is 0 Å². The average Bonchev–Trinajstić information content (AvgIpc) is 2.66. The Bertz CT molecular complexity index is 665. The summed E-state index contributed by atoms with van der Waals surface area (Å²) < 4.78 is 54.2. The summed E-state index contributed by atoms with van der Waals surface area (Å²) in [6.07, 6.45) is -2.22. The maximum atomic E-state index is 13.8. The molecule has 2 N–H and O–H groups in total. The van der Waals surface area contributed by atoms with Crippen molar-refractivity contribution in [1.29, 1.82) is 0 Å². The van der Waals surface area contributed by atoms with Crippen molar-refractivity contribution in [3.63, 3.8) is 0 Å². The van der Waals surface area contributed by atoms with Gasteiger partial charge in [-0.05, 0) is 5.41 Å². The van der Waals surface area contributed by atoms with Crippen LogP contribution in [0.5, 0.6) is 0 Å². The molecule has 1 aromatic carbocycles. The second kappa shape index (κ2) is 5.27. The molecule has 0 bridgehead atoms. The molecule has 1 atom stereocenters. The minimum Gasteiger partial charge on any atom is -0.366 e. The lowest BCUT2D eigenvalue weighted by Gasteiger charge is -2.37. The minimum absolute atomic E-state index is 0.209. The molecule has 2 amide bonds. The third kappa shape index (κ3) is 2.40. The number of nitrogens with zero attached hydrogens (tertiary/aromatic N) is 1. The zero-order valence-corrected chi connectivity index (χ0v) is 12.3. The average molecular weight is 335 g/mol. The van der Waals surface area contributed by atoms with Gasteiger partial charge < -0.3 is 10.2 Å². The van der Waals surface area contributed by atoms with E-state index in [-0.39, 0.29) is 4.90 Å². The summed E-state index contributed by atoms with van der Waals surface area (Å²) in [5.74, 6) is -11.4. The highest BCUT2D eigenvalue weighted by atomic mass is 19.2. The van der Waals surface area contributed by atoms with E-state index in [1.54, 1.807) is 0 Å². The van der Waals surface area contributed by atoms with Gasteiger partial charge in [-0.2, -0.15) is 0 Å². The maximum absolute atomic E-state index is 13.8. The van der Waals surface area contributed by atoms with Crippen LogP contribution in [0.4, 0.5) is 17.6 Å². The normalized spacial score (nSPS) is 16.3. The lowest BCUT2D eigenvalue weighted by atomic mass is 9.85. The molecule has 1 aromatic rings. The van der Waals surface area contributed by atoms with Crippen LogP contribution in [0.3, 0.4) is 0 Å². The predicted molar refractivity (Wildman–Crippen MR) is 68.2 cm³/mol. The predicted octanol–water partition coefficient (Wildman–Crippen LogP) is 1.56. The number of halogens is 4. The number of amides is 2. The topological polar surface area (TPSA) is 77.8 Å². The van der Waals surface area contributed by atoms with Gasteiger partial charge >= 0.3 is 0 Å². The smallest absolute Gasteiger partial charge is 0.265 e. The Morgan fingerprint density at radius 1 is 0.826 bits per heavy atom. The number of benzene rings is 1. The van der Waals surface area contributed by atoms with Crippen LogP contribution in [0.2, 0.25) is 0 Å². The van der Waals surface area contributed by atoms with Gasteiger partial charge in [0.05, 0.1) is 17.2 Å². The molecular weight excluding hydrogens is 322 g/mol. The lowest BCUT2D eigenvalue weighted by Crippen LogP contribution is -2.53. The Morgan fingerprint density at radius 3 is 1.43 bits per heavy atom. The van der Waals surface area contributed by atoms with Gasteiger partial charge in [0.2, 0.25) is 0 Å². The van der Waals surface area contributed by atoms with Crippen molar-refractivity contribution >= 4 is 11.8 Å². The van der Waals surface area contributed by atoms with E-state index >= 15 is 0 Å². The first-order valence-corrected chi connectivity index (χ1v) is 6.51. The number of aliphatic hydroxyl groups is 2. The highest BCUT2D eigenvalue weighted by Crippen LogP contribution is 2.37. The Kier molecular flexibility index (Phi) is 3.98. The first kappa shape index (κ1) is 17.4. The highest BCUT2D eigenvalue weighted by Gasteiger charge is 2.50.